The molecule has 0 saturated heterocycles. The first-order chi connectivity index (χ1) is 15.0. The van der Waals surface area contributed by atoms with Crippen molar-refractivity contribution in [3.8, 4) is 28.5 Å². The van der Waals surface area contributed by atoms with Gasteiger partial charge < -0.3 is 24.4 Å². The third kappa shape index (κ3) is 4.95. The van der Waals surface area contributed by atoms with E-state index in [2.05, 4.69) is 10.3 Å². The van der Waals surface area contributed by atoms with Crippen LogP contribution >= 0.6 is 39.9 Å². The van der Waals surface area contributed by atoms with Crippen LogP contribution in [-0.4, -0.2) is 45.3 Å². The molecule has 0 radical (unpaired) electrons. The lowest BCUT2D eigenvalue weighted by atomic mass is 10.1. The van der Waals surface area contributed by atoms with Gasteiger partial charge in [0, 0.05) is 29.6 Å². The molecular weight excluding hydrogens is 518 g/mol. The molecule has 4 rings (SSSR count). The molecule has 0 bridgehead atoms. The van der Waals surface area contributed by atoms with Crippen LogP contribution in [0.15, 0.2) is 35.7 Å². The average Bonchev–Trinajstić information content (AvgIpc) is 3.24. The van der Waals surface area contributed by atoms with Crippen molar-refractivity contribution in [1.29, 1.82) is 0 Å². The summed E-state index contributed by atoms with van der Waals surface area (Å²) in [6.45, 7) is 0.711. The summed E-state index contributed by atoms with van der Waals surface area (Å²) < 4.78 is 16.3. The molecule has 0 fully saturated rings. The van der Waals surface area contributed by atoms with E-state index in [1.54, 1.807) is 32.2 Å². The smallest absolute Gasteiger partial charge is 0.264 e. The molecule has 170 valence electrons. The Morgan fingerprint density at radius 3 is 2.75 bits per heavy atom. The Hall–Kier alpha value is -2.49. The highest BCUT2D eigenvalue weighted by Gasteiger charge is 2.26. The van der Waals surface area contributed by atoms with Crippen LogP contribution in [0.3, 0.4) is 0 Å². The summed E-state index contributed by atoms with van der Waals surface area (Å²) >= 11 is 7.80. The van der Waals surface area contributed by atoms with E-state index in [1.165, 1.54) is 11.3 Å². The number of nitrogens with one attached hydrogen (secondary N) is 1. The summed E-state index contributed by atoms with van der Waals surface area (Å²) in [5.74, 6) is 1.93. The number of methoxy groups -OCH3 is 2. The number of carbonyl (C=O) groups is 1. The number of benzene rings is 2. The van der Waals surface area contributed by atoms with Crippen molar-refractivity contribution in [1.82, 2.24) is 4.98 Å². The van der Waals surface area contributed by atoms with Crippen LogP contribution in [-0.2, 0) is 11.2 Å². The molecule has 1 N–H and O–H groups in total. The number of thiazole rings is 1. The fourth-order valence-corrected chi connectivity index (χ4v) is 4.32. The van der Waals surface area contributed by atoms with E-state index in [1.807, 2.05) is 29.6 Å². The minimum absolute atomic E-state index is 0. The van der Waals surface area contributed by atoms with E-state index in [-0.39, 0.29) is 29.5 Å². The van der Waals surface area contributed by atoms with Crippen LogP contribution in [0.25, 0.3) is 11.3 Å². The number of halogens is 2. The first-order valence-electron chi connectivity index (χ1n) is 9.63. The molecule has 32 heavy (non-hydrogen) atoms. The van der Waals surface area contributed by atoms with Crippen molar-refractivity contribution in [3.63, 3.8) is 0 Å². The third-order valence-electron chi connectivity index (χ3n) is 5.03. The van der Waals surface area contributed by atoms with Crippen LogP contribution in [0, 0.1) is 0 Å². The van der Waals surface area contributed by atoms with Gasteiger partial charge in [0.05, 0.1) is 25.6 Å². The Morgan fingerprint density at radius 1 is 1.22 bits per heavy atom. The third-order valence-corrected chi connectivity index (χ3v) is 6.05. The van der Waals surface area contributed by atoms with Crippen molar-refractivity contribution in [2.75, 3.05) is 44.6 Å². The minimum atomic E-state index is -0.114. The molecule has 10 heteroatoms. The van der Waals surface area contributed by atoms with Gasteiger partial charge in [0.15, 0.2) is 29.0 Å². The number of carbonyl (C=O) groups excluding carboxylic acids is 1. The summed E-state index contributed by atoms with van der Waals surface area (Å²) in [5, 5.41) is 6.62. The molecule has 7 nitrogen and oxygen atoms in total. The van der Waals surface area contributed by atoms with Gasteiger partial charge in [0.1, 0.15) is 0 Å². The maximum Gasteiger partial charge on any atom is 0.264 e. The normalized spacial score (nSPS) is 12.5. The molecule has 2 aromatic carbocycles. The molecule has 0 unspecified atom stereocenters. The van der Waals surface area contributed by atoms with Crippen molar-refractivity contribution in [2.24, 2.45) is 0 Å². The molecule has 3 aromatic rings. The number of rotatable bonds is 7. The maximum atomic E-state index is 12.0. The molecule has 1 amide bonds. The number of nitrogens with zero attached hydrogens (tertiary/aromatic N) is 2. The van der Waals surface area contributed by atoms with Gasteiger partial charge in [-0.05, 0) is 36.2 Å². The Morgan fingerprint density at radius 2 is 2.00 bits per heavy atom. The van der Waals surface area contributed by atoms with Crippen molar-refractivity contribution in [2.45, 2.75) is 6.42 Å². The number of fused-ring (bicyclic) bond motifs is 1. The molecular formula is C22H23BrClN3O4S. The standard InChI is InChI=1S/C22H22ClN3O4S.BrH/c1-26-17-10-14(23)9-15(21(17)30-11-20(26)27)16-12-31-22(25-16)24-7-6-13-4-5-18(28-2)19(8-13)29-3;/h4-5,8-10,12H,6-7,11H2,1-3H3,(H,24,25);1H. The van der Waals surface area contributed by atoms with Gasteiger partial charge in [-0.1, -0.05) is 17.7 Å². The molecule has 1 aromatic heterocycles. The molecule has 0 atom stereocenters. The second-order valence-electron chi connectivity index (χ2n) is 6.95. The summed E-state index contributed by atoms with van der Waals surface area (Å²) in [6.07, 6.45) is 0.803. The summed E-state index contributed by atoms with van der Waals surface area (Å²) in [7, 11) is 4.96. The minimum Gasteiger partial charge on any atom is -0.493 e. The Bertz CT molecular complexity index is 1120. The van der Waals surface area contributed by atoms with Gasteiger partial charge in [-0.3, -0.25) is 4.79 Å². The van der Waals surface area contributed by atoms with E-state index in [9.17, 15) is 4.79 Å². The van der Waals surface area contributed by atoms with E-state index in [0.29, 0.717) is 34.5 Å². The number of anilines is 2. The largest absolute Gasteiger partial charge is 0.493 e. The van der Waals surface area contributed by atoms with Crippen molar-refractivity contribution >= 4 is 56.6 Å². The second-order valence-corrected chi connectivity index (χ2v) is 8.24. The van der Waals surface area contributed by atoms with Gasteiger partial charge >= 0.3 is 0 Å². The van der Waals surface area contributed by atoms with Gasteiger partial charge in [-0.2, -0.15) is 0 Å². The number of hydrogen-bond acceptors (Lipinski definition) is 7. The number of aromatic nitrogens is 1. The molecule has 0 spiro atoms. The zero-order valence-corrected chi connectivity index (χ0v) is 21.1. The second kappa shape index (κ2) is 10.4. The Balaban J connectivity index is 0.00000289. The monoisotopic (exact) mass is 539 g/mol. The highest BCUT2D eigenvalue weighted by Crippen LogP contribution is 2.43. The first kappa shape index (κ1) is 24.2. The van der Waals surface area contributed by atoms with E-state index >= 15 is 0 Å². The lowest BCUT2D eigenvalue weighted by Gasteiger charge is -2.27. The van der Waals surface area contributed by atoms with Crippen LogP contribution in [0.2, 0.25) is 5.02 Å². The van der Waals surface area contributed by atoms with Crippen molar-refractivity contribution < 1.29 is 19.0 Å². The number of hydrogen-bond donors (Lipinski definition) is 1. The molecule has 1 aliphatic rings. The zero-order chi connectivity index (χ0) is 22.0. The molecule has 1 aliphatic heterocycles. The number of amides is 1. The summed E-state index contributed by atoms with van der Waals surface area (Å²) in [4.78, 5) is 18.2. The van der Waals surface area contributed by atoms with Gasteiger partial charge in [-0.25, -0.2) is 4.98 Å². The summed E-state index contributed by atoms with van der Waals surface area (Å²) in [6, 6.07) is 9.43. The molecule has 2 heterocycles. The van der Waals surface area contributed by atoms with Crippen LogP contribution in [0.5, 0.6) is 17.2 Å². The van der Waals surface area contributed by atoms with Gasteiger partial charge in [-0.15, -0.1) is 28.3 Å². The summed E-state index contributed by atoms with van der Waals surface area (Å²) in [5.41, 5.74) is 3.30. The maximum absolute atomic E-state index is 12.0. The van der Waals surface area contributed by atoms with Gasteiger partial charge in [0.2, 0.25) is 0 Å². The van der Waals surface area contributed by atoms with E-state index in [4.69, 9.17) is 25.8 Å². The predicted molar refractivity (Wildman–Crippen MR) is 134 cm³/mol. The van der Waals surface area contributed by atoms with Crippen molar-refractivity contribution in [3.05, 3.63) is 46.3 Å². The number of likely N-dealkylation sites (N-methyl/N-ethyl adjacent to an activating group) is 1. The molecule has 0 saturated carbocycles. The van der Waals surface area contributed by atoms with Crippen LogP contribution in [0.1, 0.15) is 5.56 Å². The van der Waals surface area contributed by atoms with E-state index in [0.717, 1.165) is 28.4 Å². The fourth-order valence-electron chi connectivity index (χ4n) is 3.36. The quantitative estimate of drug-likeness (QED) is 0.451. The number of ether oxygens (including phenoxy) is 3. The average molecular weight is 541 g/mol. The molecule has 0 aliphatic carbocycles. The topological polar surface area (TPSA) is 72.9 Å². The first-order valence-corrected chi connectivity index (χ1v) is 10.9. The van der Waals surface area contributed by atoms with E-state index < -0.39 is 0 Å². The highest BCUT2D eigenvalue weighted by atomic mass is 79.9. The highest BCUT2D eigenvalue weighted by molar-refractivity contribution is 8.93. The van der Waals surface area contributed by atoms with Crippen LogP contribution in [0.4, 0.5) is 10.8 Å². The Kier molecular flexibility index (Phi) is 7.86. The lowest BCUT2D eigenvalue weighted by Crippen LogP contribution is -2.35. The van der Waals surface area contributed by atoms with Crippen LogP contribution < -0.4 is 24.4 Å². The zero-order valence-electron chi connectivity index (χ0n) is 17.8. The predicted octanol–water partition coefficient (Wildman–Crippen LogP) is 5.07. The van der Waals surface area contributed by atoms with Gasteiger partial charge in [0.25, 0.3) is 5.91 Å². The lowest BCUT2D eigenvalue weighted by molar-refractivity contribution is -0.120. The Labute approximate surface area is 206 Å². The SMILES string of the molecule is Br.COc1ccc(CCNc2nc(-c3cc(Cl)cc4c3OCC(=O)N4C)cs2)cc1OC. The fraction of sp³-hybridized carbons (Fsp3) is 0.273.